The normalized spacial score (nSPS) is 13.3. The number of benzene rings is 1. The van der Waals surface area contributed by atoms with Crippen LogP contribution in [0.5, 0.6) is 0 Å². The molecule has 0 saturated heterocycles. The number of aromatic nitrogens is 1. The smallest absolute Gasteiger partial charge is 0.0659 e. The number of H-pyrrole nitrogens is 1. The maximum atomic E-state index is 8.81. The number of hydrogen-bond acceptors (Lipinski definition) is 2. The molecule has 1 aromatic carbocycles. The molecule has 15 heavy (non-hydrogen) atoms. The zero-order valence-electron chi connectivity index (χ0n) is 8.20. The van der Waals surface area contributed by atoms with Gasteiger partial charge in [0.2, 0.25) is 0 Å². The van der Waals surface area contributed by atoms with Gasteiger partial charge < -0.3 is 15.8 Å². The van der Waals surface area contributed by atoms with E-state index in [1.807, 2.05) is 18.2 Å². The van der Waals surface area contributed by atoms with Crippen LogP contribution >= 0.6 is 11.6 Å². The van der Waals surface area contributed by atoms with E-state index < -0.39 is 0 Å². The standard InChI is InChI=1S/C11H13ClN2O/c12-9-6-14-11-5-7(1-2-8(9)11)10(13)3-4-15/h1-2,5-6,10,14-15H,3-4,13H2. The van der Waals surface area contributed by atoms with Crippen molar-refractivity contribution in [3.05, 3.63) is 35.0 Å². The van der Waals surface area contributed by atoms with E-state index in [1.165, 1.54) is 0 Å². The van der Waals surface area contributed by atoms with Crippen molar-refractivity contribution < 1.29 is 5.11 Å². The molecule has 2 aromatic rings. The second-order valence-corrected chi connectivity index (χ2v) is 3.97. The van der Waals surface area contributed by atoms with Crippen molar-refractivity contribution in [2.24, 2.45) is 5.73 Å². The van der Waals surface area contributed by atoms with Crippen molar-refractivity contribution in [3.63, 3.8) is 0 Å². The highest BCUT2D eigenvalue weighted by atomic mass is 35.5. The van der Waals surface area contributed by atoms with Crippen LogP contribution in [0.25, 0.3) is 10.9 Å². The third-order valence-electron chi connectivity index (χ3n) is 2.52. The van der Waals surface area contributed by atoms with E-state index in [0.29, 0.717) is 11.4 Å². The van der Waals surface area contributed by atoms with E-state index in [0.717, 1.165) is 16.5 Å². The molecule has 0 aliphatic rings. The number of aliphatic hydroxyl groups is 1. The summed E-state index contributed by atoms with van der Waals surface area (Å²) in [6.07, 6.45) is 2.33. The summed E-state index contributed by atoms with van der Waals surface area (Å²) in [5.74, 6) is 0. The molecule has 0 radical (unpaired) electrons. The minimum atomic E-state index is -0.124. The largest absolute Gasteiger partial charge is 0.396 e. The molecule has 80 valence electrons. The molecule has 4 N–H and O–H groups in total. The predicted octanol–water partition coefficient (Wildman–Crippen LogP) is 2.20. The van der Waals surface area contributed by atoms with Crippen molar-refractivity contribution in [1.29, 1.82) is 0 Å². The van der Waals surface area contributed by atoms with E-state index in [2.05, 4.69) is 4.98 Å². The zero-order valence-corrected chi connectivity index (χ0v) is 8.96. The summed E-state index contributed by atoms with van der Waals surface area (Å²) in [6.45, 7) is 0.102. The van der Waals surface area contributed by atoms with Crippen LogP contribution < -0.4 is 5.73 Å². The highest BCUT2D eigenvalue weighted by Gasteiger charge is 2.07. The van der Waals surface area contributed by atoms with E-state index in [4.69, 9.17) is 22.4 Å². The fourth-order valence-electron chi connectivity index (χ4n) is 1.64. The number of hydrogen-bond donors (Lipinski definition) is 3. The fourth-order valence-corrected chi connectivity index (χ4v) is 1.86. The van der Waals surface area contributed by atoms with Crippen molar-refractivity contribution >= 4 is 22.5 Å². The zero-order chi connectivity index (χ0) is 10.8. The number of nitrogens with one attached hydrogen (secondary N) is 1. The number of nitrogens with two attached hydrogens (primary N) is 1. The molecule has 1 heterocycles. The lowest BCUT2D eigenvalue weighted by Gasteiger charge is -2.10. The van der Waals surface area contributed by atoms with Crippen molar-refractivity contribution in [3.8, 4) is 0 Å². The number of aliphatic hydroxyl groups excluding tert-OH is 1. The highest BCUT2D eigenvalue weighted by molar-refractivity contribution is 6.35. The quantitative estimate of drug-likeness (QED) is 0.749. The van der Waals surface area contributed by atoms with E-state index >= 15 is 0 Å². The number of aromatic amines is 1. The highest BCUT2D eigenvalue weighted by Crippen LogP contribution is 2.25. The first-order valence-corrected chi connectivity index (χ1v) is 5.23. The van der Waals surface area contributed by atoms with Crippen LogP contribution in [0.3, 0.4) is 0 Å². The summed E-state index contributed by atoms with van der Waals surface area (Å²) in [5, 5.41) is 10.5. The third-order valence-corrected chi connectivity index (χ3v) is 2.84. The molecule has 0 aliphatic carbocycles. The van der Waals surface area contributed by atoms with Crippen molar-refractivity contribution in [2.75, 3.05) is 6.61 Å². The van der Waals surface area contributed by atoms with Gasteiger partial charge in [-0.1, -0.05) is 23.7 Å². The predicted molar refractivity (Wildman–Crippen MR) is 61.9 cm³/mol. The van der Waals surface area contributed by atoms with Gasteiger partial charge in [0.15, 0.2) is 0 Å². The molecule has 0 aliphatic heterocycles. The molecule has 3 nitrogen and oxygen atoms in total. The molecule has 0 bridgehead atoms. The summed E-state index contributed by atoms with van der Waals surface area (Å²) in [5.41, 5.74) is 7.88. The SMILES string of the molecule is NC(CCO)c1ccc2c(Cl)c[nH]c2c1. The van der Waals surface area contributed by atoms with Crippen LogP contribution in [0.1, 0.15) is 18.0 Å². The minimum absolute atomic E-state index is 0.102. The molecule has 1 atom stereocenters. The minimum Gasteiger partial charge on any atom is -0.396 e. The number of halogens is 1. The van der Waals surface area contributed by atoms with E-state index in [1.54, 1.807) is 6.20 Å². The summed E-state index contributed by atoms with van der Waals surface area (Å²) < 4.78 is 0. The van der Waals surface area contributed by atoms with Crippen LogP contribution in [-0.4, -0.2) is 16.7 Å². The molecule has 0 amide bonds. The Hall–Kier alpha value is -1.03. The summed E-state index contributed by atoms with van der Waals surface area (Å²) in [4.78, 5) is 3.08. The van der Waals surface area contributed by atoms with Crippen LogP contribution in [-0.2, 0) is 0 Å². The Morgan fingerprint density at radius 2 is 2.27 bits per heavy atom. The lowest BCUT2D eigenvalue weighted by molar-refractivity contribution is 0.276. The average molecular weight is 225 g/mol. The van der Waals surface area contributed by atoms with Crippen molar-refractivity contribution in [1.82, 2.24) is 4.98 Å². The van der Waals surface area contributed by atoms with Gasteiger partial charge in [0.1, 0.15) is 0 Å². The maximum absolute atomic E-state index is 8.81. The van der Waals surface area contributed by atoms with Gasteiger partial charge in [-0.2, -0.15) is 0 Å². The van der Waals surface area contributed by atoms with Crippen LogP contribution in [0.4, 0.5) is 0 Å². The Labute approximate surface area is 92.9 Å². The average Bonchev–Trinajstić information content (AvgIpc) is 2.60. The van der Waals surface area contributed by atoms with Crippen LogP contribution in [0.15, 0.2) is 24.4 Å². The molecule has 1 aromatic heterocycles. The Bertz CT molecular complexity index is 467. The first kappa shape index (κ1) is 10.5. The summed E-state index contributed by atoms with van der Waals surface area (Å²) in [6, 6.07) is 5.74. The molecule has 2 rings (SSSR count). The van der Waals surface area contributed by atoms with Gasteiger partial charge in [0, 0.05) is 29.7 Å². The second kappa shape index (κ2) is 4.23. The molecule has 0 fully saturated rings. The molecule has 4 heteroatoms. The lowest BCUT2D eigenvalue weighted by Crippen LogP contribution is -2.11. The van der Waals surface area contributed by atoms with Gasteiger partial charge in [-0.15, -0.1) is 0 Å². The second-order valence-electron chi connectivity index (χ2n) is 3.56. The Morgan fingerprint density at radius 3 is 3.00 bits per heavy atom. The Balaban J connectivity index is 2.38. The molecule has 0 spiro atoms. The van der Waals surface area contributed by atoms with Gasteiger partial charge >= 0.3 is 0 Å². The number of rotatable bonds is 3. The molecule has 1 unspecified atom stereocenters. The number of fused-ring (bicyclic) bond motifs is 1. The van der Waals surface area contributed by atoms with E-state index in [9.17, 15) is 0 Å². The molecular formula is C11H13ClN2O. The van der Waals surface area contributed by atoms with Gasteiger partial charge in [-0.25, -0.2) is 0 Å². The van der Waals surface area contributed by atoms with Gasteiger partial charge in [-0.05, 0) is 18.1 Å². The molecule has 0 saturated carbocycles. The maximum Gasteiger partial charge on any atom is 0.0659 e. The summed E-state index contributed by atoms with van der Waals surface area (Å²) in [7, 11) is 0. The van der Waals surface area contributed by atoms with Gasteiger partial charge in [0.05, 0.1) is 5.02 Å². The Morgan fingerprint density at radius 1 is 1.47 bits per heavy atom. The Kier molecular flexibility index (Phi) is 2.95. The fraction of sp³-hybridized carbons (Fsp3) is 0.273. The first-order valence-electron chi connectivity index (χ1n) is 4.85. The molecular weight excluding hydrogens is 212 g/mol. The summed E-state index contributed by atoms with van der Waals surface area (Å²) >= 11 is 5.96. The van der Waals surface area contributed by atoms with Gasteiger partial charge in [-0.3, -0.25) is 0 Å². The van der Waals surface area contributed by atoms with E-state index in [-0.39, 0.29) is 12.6 Å². The topological polar surface area (TPSA) is 62.0 Å². The van der Waals surface area contributed by atoms with Crippen LogP contribution in [0.2, 0.25) is 5.02 Å². The monoisotopic (exact) mass is 224 g/mol. The lowest BCUT2D eigenvalue weighted by atomic mass is 10.0. The first-order chi connectivity index (χ1) is 7.22. The van der Waals surface area contributed by atoms with Crippen LogP contribution in [0, 0.1) is 0 Å². The van der Waals surface area contributed by atoms with Crippen molar-refractivity contribution in [2.45, 2.75) is 12.5 Å². The third kappa shape index (κ3) is 2.00. The van der Waals surface area contributed by atoms with Gasteiger partial charge in [0.25, 0.3) is 0 Å².